The van der Waals surface area contributed by atoms with E-state index in [2.05, 4.69) is 10.3 Å². The fraction of sp³-hybridized carbons (Fsp3) is 0.389. The molecule has 6 nitrogen and oxygen atoms in total. The predicted molar refractivity (Wildman–Crippen MR) is 89.4 cm³/mol. The summed E-state index contributed by atoms with van der Waals surface area (Å²) in [6, 6.07) is 9.69. The van der Waals surface area contributed by atoms with E-state index in [-0.39, 0.29) is 12.3 Å². The standard InChI is InChI=1S/C18H22N2O4/c21-16(19-12-6-2-5-9-18(22)23)10-11-17-20-13-15(24-17)14-7-3-1-4-8-14/h1,3-4,7-8,13H,2,5-6,9-12H2,(H,19,21)(H,22,23). The zero-order valence-electron chi connectivity index (χ0n) is 13.5. The van der Waals surface area contributed by atoms with Gasteiger partial charge in [0.15, 0.2) is 11.7 Å². The number of carbonyl (C=O) groups is 2. The Balaban J connectivity index is 1.64. The molecule has 2 N–H and O–H groups in total. The molecule has 2 aromatic rings. The minimum absolute atomic E-state index is 0.0484. The third-order valence-corrected chi connectivity index (χ3v) is 3.57. The lowest BCUT2D eigenvalue weighted by molar-refractivity contribution is -0.137. The van der Waals surface area contributed by atoms with Crippen LogP contribution in [0.3, 0.4) is 0 Å². The highest BCUT2D eigenvalue weighted by Crippen LogP contribution is 2.20. The summed E-state index contributed by atoms with van der Waals surface area (Å²) >= 11 is 0. The lowest BCUT2D eigenvalue weighted by Gasteiger charge is -2.03. The van der Waals surface area contributed by atoms with E-state index >= 15 is 0 Å². The van der Waals surface area contributed by atoms with E-state index < -0.39 is 5.97 Å². The second-order valence-electron chi connectivity index (χ2n) is 5.54. The van der Waals surface area contributed by atoms with Gasteiger partial charge in [0.1, 0.15) is 0 Å². The second-order valence-corrected chi connectivity index (χ2v) is 5.54. The molecule has 1 aromatic carbocycles. The van der Waals surface area contributed by atoms with E-state index in [1.165, 1.54) is 0 Å². The molecule has 1 aromatic heterocycles. The molecule has 128 valence electrons. The third-order valence-electron chi connectivity index (χ3n) is 3.57. The van der Waals surface area contributed by atoms with Crippen LogP contribution in [-0.2, 0) is 16.0 Å². The molecule has 0 aliphatic heterocycles. The first-order chi connectivity index (χ1) is 11.6. The Labute approximate surface area is 140 Å². The Bertz CT molecular complexity index is 652. The van der Waals surface area contributed by atoms with Crippen molar-refractivity contribution in [1.82, 2.24) is 10.3 Å². The molecule has 0 aliphatic carbocycles. The second kappa shape index (κ2) is 9.50. The molecule has 0 radical (unpaired) electrons. The Morgan fingerprint density at radius 1 is 1.08 bits per heavy atom. The highest BCUT2D eigenvalue weighted by molar-refractivity contribution is 5.76. The Morgan fingerprint density at radius 2 is 1.88 bits per heavy atom. The summed E-state index contributed by atoms with van der Waals surface area (Å²) in [6.45, 7) is 0.569. The zero-order valence-corrected chi connectivity index (χ0v) is 13.5. The maximum Gasteiger partial charge on any atom is 0.303 e. The van der Waals surface area contributed by atoms with Crippen molar-refractivity contribution in [1.29, 1.82) is 0 Å². The van der Waals surface area contributed by atoms with Crippen LogP contribution in [0.4, 0.5) is 0 Å². The number of aryl methyl sites for hydroxylation is 1. The van der Waals surface area contributed by atoms with Crippen molar-refractivity contribution in [3.63, 3.8) is 0 Å². The molecule has 6 heteroatoms. The first kappa shape index (κ1) is 17.7. The van der Waals surface area contributed by atoms with Crippen LogP contribution in [0.5, 0.6) is 0 Å². The van der Waals surface area contributed by atoms with Crippen molar-refractivity contribution < 1.29 is 19.1 Å². The van der Waals surface area contributed by atoms with Crippen LogP contribution in [-0.4, -0.2) is 28.5 Å². The number of carbonyl (C=O) groups excluding carboxylic acids is 1. The third kappa shape index (κ3) is 6.24. The van der Waals surface area contributed by atoms with Gasteiger partial charge in [-0.2, -0.15) is 0 Å². The van der Waals surface area contributed by atoms with Crippen molar-refractivity contribution in [3.05, 3.63) is 42.4 Å². The van der Waals surface area contributed by atoms with Crippen molar-refractivity contribution in [2.24, 2.45) is 0 Å². The van der Waals surface area contributed by atoms with Gasteiger partial charge in [-0.05, 0) is 12.8 Å². The summed E-state index contributed by atoms with van der Waals surface area (Å²) < 4.78 is 5.65. The molecule has 0 aliphatic rings. The minimum atomic E-state index is -0.778. The predicted octanol–water partition coefficient (Wildman–Crippen LogP) is 3.04. The Morgan fingerprint density at radius 3 is 2.62 bits per heavy atom. The van der Waals surface area contributed by atoms with Crippen LogP contribution in [0.1, 0.15) is 38.0 Å². The normalized spacial score (nSPS) is 10.5. The number of unbranched alkanes of at least 4 members (excludes halogenated alkanes) is 2. The molecular formula is C18H22N2O4. The van der Waals surface area contributed by atoms with Crippen LogP contribution < -0.4 is 5.32 Å². The average molecular weight is 330 g/mol. The molecule has 0 bridgehead atoms. The van der Waals surface area contributed by atoms with Crippen molar-refractivity contribution in [2.45, 2.75) is 38.5 Å². The van der Waals surface area contributed by atoms with Crippen LogP contribution in [0.25, 0.3) is 11.3 Å². The summed E-state index contributed by atoms with van der Waals surface area (Å²) in [5.74, 6) is 0.419. The Kier molecular flexibility index (Phi) is 7.01. The van der Waals surface area contributed by atoms with Crippen LogP contribution in [0, 0.1) is 0 Å². The summed E-state index contributed by atoms with van der Waals surface area (Å²) in [7, 11) is 0. The van der Waals surface area contributed by atoms with Gasteiger partial charge in [-0.15, -0.1) is 0 Å². The molecule has 0 spiro atoms. The van der Waals surface area contributed by atoms with Crippen molar-refractivity contribution in [3.8, 4) is 11.3 Å². The number of nitrogens with one attached hydrogen (secondary N) is 1. The van der Waals surface area contributed by atoms with Gasteiger partial charge in [-0.1, -0.05) is 36.8 Å². The number of carboxylic acids is 1. The number of hydrogen-bond donors (Lipinski definition) is 2. The molecule has 0 saturated heterocycles. The van der Waals surface area contributed by atoms with Gasteiger partial charge in [-0.25, -0.2) is 4.98 Å². The number of rotatable bonds is 10. The maximum atomic E-state index is 11.8. The summed E-state index contributed by atoms with van der Waals surface area (Å²) in [6.07, 6.45) is 4.86. The number of aliphatic carboxylic acids is 1. The van der Waals surface area contributed by atoms with Gasteiger partial charge in [0.2, 0.25) is 5.91 Å². The zero-order chi connectivity index (χ0) is 17.2. The fourth-order valence-electron chi connectivity index (χ4n) is 2.28. The lowest BCUT2D eigenvalue weighted by Crippen LogP contribution is -2.24. The van der Waals surface area contributed by atoms with Gasteiger partial charge < -0.3 is 14.8 Å². The van der Waals surface area contributed by atoms with Gasteiger partial charge in [0, 0.05) is 31.4 Å². The van der Waals surface area contributed by atoms with Crippen LogP contribution in [0.2, 0.25) is 0 Å². The quantitative estimate of drug-likeness (QED) is 0.653. The lowest BCUT2D eigenvalue weighted by atomic mass is 10.2. The SMILES string of the molecule is O=C(O)CCCCCNC(=O)CCc1ncc(-c2ccccc2)o1. The minimum Gasteiger partial charge on any atom is -0.481 e. The van der Waals surface area contributed by atoms with E-state index in [1.807, 2.05) is 30.3 Å². The number of carboxylic acid groups (broad SMARTS) is 1. The number of amides is 1. The van der Waals surface area contributed by atoms with Gasteiger partial charge in [0.05, 0.1) is 6.20 Å². The molecule has 0 unspecified atom stereocenters. The molecule has 0 fully saturated rings. The molecule has 2 rings (SSSR count). The van der Waals surface area contributed by atoms with E-state index in [0.29, 0.717) is 37.5 Å². The van der Waals surface area contributed by atoms with E-state index in [0.717, 1.165) is 18.4 Å². The van der Waals surface area contributed by atoms with Crippen molar-refractivity contribution in [2.75, 3.05) is 6.54 Å². The fourth-order valence-corrected chi connectivity index (χ4v) is 2.28. The number of oxazole rings is 1. The number of aromatic nitrogens is 1. The van der Waals surface area contributed by atoms with Gasteiger partial charge >= 0.3 is 5.97 Å². The number of benzene rings is 1. The first-order valence-electron chi connectivity index (χ1n) is 8.14. The molecule has 1 heterocycles. The summed E-state index contributed by atoms with van der Waals surface area (Å²) in [4.78, 5) is 26.3. The average Bonchev–Trinajstić information content (AvgIpc) is 3.06. The number of nitrogens with zero attached hydrogens (tertiary/aromatic N) is 1. The first-order valence-corrected chi connectivity index (χ1v) is 8.14. The van der Waals surface area contributed by atoms with E-state index in [9.17, 15) is 9.59 Å². The van der Waals surface area contributed by atoms with Crippen LogP contribution >= 0.6 is 0 Å². The topological polar surface area (TPSA) is 92.4 Å². The number of hydrogen-bond acceptors (Lipinski definition) is 4. The molecular weight excluding hydrogens is 308 g/mol. The van der Waals surface area contributed by atoms with Crippen molar-refractivity contribution >= 4 is 11.9 Å². The smallest absolute Gasteiger partial charge is 0.303 e. The maximum absolute atomic E-state index is 11.8. The van der Waals surface area contributed by atoms with E-state index in [1.54, 1.807) is 6.20 Å². The summed E-state index contributed by atoms with van der Waals surface area (Å²) in [5, 5.41) is 11.4. The molecule has 0 atom stereocenters. The van der Waals surface area contributed by atoms with Crippen LogP contribution in [0.15, 0.2) is 40.9 Å². The molecule has 24 heavy (non-hydrogen) atoms. The Hall–Kier alpha value is -2.63. The highest BCUT2D eigenvalue weighted by atomic mass is 16.4. The summed E-state index contributed by atoms with van der Waals surface area (Å²) in [5.41, 5.74) is 0.960. The van der Waals surface area contributed by atoms with E-state index in [4.69, 9.17) is 9.52 Å². The largest absolute Gasteiger partial charge is 0.481 e. The highest BCUT2D eigenvalue weighted by Gasteiger charge is 2.08. The van der Waals surface area contributed by atoms with Gasteiger partial charge in [0.25, 0.3) is 0 Å². The van der Waals surface area contributed by atoms with Gasteiger partial charge in [-0.3, -0.25) is 9.59 Å². The molecule has 1 amide bonds. The molecule has 0 saturated carbocycles. The monoisotopic (exact) mass is 330 g/mol.